The molecule has 1 fully saturated rings. The molecule has 1 saturated heterocycles. The number of fused-ring (bicyclic) bond motifs is 1. The number of carbonyl (C=O) groups is 2. The third-order valence-electron chi connectivity index (χ3n) is 6.18. The Balaban J connectivity index is 1.21. The van der Waals surface area contributed by atoms with E-state index in [2.05, 4.69) is 10.4 Å². The molecule has 5 rings (SSSR count). The maximum Gasteiger partial charge on any atom is 0.231 e. The number of rotatable bonds is 4. The lowest BCUT2D eigenvalue weighted by Gasteiger charge is -2.37. The number of para-hydroxylation sites is 1. The number of piperazine rings is 1. The maximum atomic E-state index is 14.0. The first kappa shape index (κ1) is 20.2. The second-order valence-electron chi connectivity index (χ2n) is 8.16. The number of halogens is 1. The van der Waals surface area contributed by atoms with Gasteiger partial charge in [-0.05, 0) is 17.7 Å². The number of anilines is 2. The first-order valence-electron chi connectivity index (χ1n) is 10.8. The molecule has 8 heteroatoms. The number of nitrogens with zero attached hydrogens (tertiary/aromatic N) is 4. The van der Waals surface area contributed by atoms with Crippen LogP contribution in [0.1, 0.15) is 6.42 Å². The van der Waals surface area contributed by atoms with Crippen molar-refractivity contribution in [2.24, 2.45) is 5.92 Å². The molecule has 2 aromatic carbocycles. The summed E-state index contributed by atoms with van der Waals surface area (Å²) < 4.78 is 15.8. The summed E-state index contributed by atoms with van der Waals surface area (Å²) in [6.07, 6.45) is 1.88. The second kappa shape index (κ2) is 8.45. The lowest BCUT2D eigenvalue weighted by molar-refractivity contribution is -0.135. The van der Waals surface area contributed by atoms with Gasteiger partial charge in [-0.1, -0.05) is 42.5 Å². The molecule has 0 saturated carbocycles. The zero-order chi connectivity index (χ0) is 22.1. The highest BCUT2D eigenvalue weighted by Crippen LogP contribution is 2.32. The minimum Gasteiger partial charge on any atom is -0.366 e. The van der Waals surface area contributed by atoms with Crippen LogP contribution in [0.3, 0.4) is 0 Å². The van der Waals surface area contributed by atoms with Crippen molar-refractivity contribution in [1.82, 2.24) is 14.7 Å². The number of hydrogen-bond acceptors (Lipinski definition) is 4. The first-order chi connectivity index (χ1) is 15.6. The predicted octanol–water partition coefficient (Wildman–Crippen LogP) is 3.00. The summed E-state index contributed by atoms with van der Waals surface area (Å²) in [6, 6.07) is 16.4. The van der Waals surface area contributed by atoms with Crippen LogP contribution in [-0.4, -0.2) is 52.7 Å². The Morgan fingerprint density at radius 2 is 1.75 bits per heavy atom. The molecule has 2 aliphatic rings. The lowest BCUT2D eigenvalue weighted by Crippen LogP contribution is -2.50. The summed E-state index contributed by atoms with van der Waals surface area (Å²) >= 11 is 0. The molecular formula is C24H24FN5O2. The number of carbonyl (C=O) groups excluding carboxylic acids is 2. The van der Waals surface area contributed by atoms with Crippen molar-refractivity contribution in [3.8, 4) is 11.1 Å². The van der Waals surface area contributed by atoms with Gasteiger partial charge < -0.3 is 15.1 Å². The lowest BCUT2D eigenvalue weighted by atomic mass is 10.0. The third-order valence-corrected chi connectivity index (χ3v) is 6.18. The normalized spacial score (nSPS) is 18.3. The SMILES string of the molecule is O=C1Nc2c(-c3ccccc3)cnn2C[C@@H]1CC(=O)N1CCN(c2ccccc2F)CC1. The third kappa shape index (κ3) is 3.84. The van der Waals surface area contributed by atoms with E-state index in [1.165, 1.54) is 6.07 Å². The fourth-order valence-corrected chi connectivity index (χ4v) is 4.40. The molecule has 2 aliphatic heterocycles. The van der Waals surface area contributed by atoms with Crippen molar-refractivity contribution in [1.29, 1.82) is 0 Å². The van der Waals surface area contributed by atoms with Crippen LogP contribution in [-0.2, 0) is 16.1 Å². The van der Waals surface area contributed by atoms with Crippen LogP contribution in [0.5, 0.6) is 0 Å². The van der Waals surface area contributed by atoms with Crippen molar-refractivity contribution < 1.29 is 14.0 Å². The standard InChI is InChI=1S/C24H24FN5O2/c25-20-8-4-5-9-21(20)28-10-12-29(13-11-28)22(31)14-18-16-30-23(27-24(18)32)19(15-26-30)17-6-2-1-3-7-17/h1-9,15,18H,10-14,16H2,(H,27,32)/t18-/m0/s1. The van der Waals surface area contributed by atoms with Crippen molar-refractivity contribution in [3.63, 3.8) is 0 Å². The Hall–Kier alpha value is -3.68. The number of aromatic nitrogens is 2. The molecule has 7 nitrogen and oxygen atoms in total. The molecule has 1 atom stereocenters. The Morgan fingerprint density at radius 3 is 2.50 bits per heavy atom. The molecule has 0 spiro atoms. The Kier molecular flexibility index (Phi) is 5.34. The van der Waals surface area contributed by atoms with E-state index in [9.17, 15) is 14.0 Å². The van der Waals surface area contributed by atoms with Gasteiger partial charge in [0.15, 0.2) is 0 Å². The van der Waals surface area contributed by atoms with E-state index < -0.39 is 5.92 Å². The maximum absolute atomic E-state index is 14.0. The topological polar surface area (TPSA) is 70.5 Å². The average Bonchev–Trinajstić information content (AvgIpc) is 3.23. The molecule has 3 heterocycles. The van der Waals surface area contributed by atoms with Gasteiger partial charge in [-0.2, -0.15) is 5.10 Å². The molecule has 3 aromatic rings. The molecule has 0 bridgehead atoms. The number of hydrogen-bond donors (Lipinski definition) is 1. The summed E-state index contributed by atoms with van der Waals surface area (Å²) in [5, 5.41) is 7.37. The van der Waals surface area contributed by atoms with E-state index in [4.69, 9.17) is 0 Å². The van der Waals surface area contributed by atoms with Crippen molar-refractivity contribution in [2.75, 3.05) is 36.4 Å². The molecular weight excluding hydrogens is 409 g/mol. The van der Waals surface area contributed by atoms with Crippen LogP contribution < -0.4 is 10.2 Å². The fourth-order valence-electron chi connectivity index (χ4n) is 4.40. The zero-order valence-corrected chi connectivity index (χ0v) is 17.6. The van der Waals surface area contributed by atoms with E-state index >= 15 is 0 Å². The Bertz CT molecular complexity index is 1140. The minimum absolute atomic E-state index is 0.0581. The summed E-state index contributed by atoms with van der Waals surface area (Å²) in [4.78, 5) is 29.4. The van der Waals surface area contributed by atoms with Gasteiger partial charge in [-0.25, -0.2) is 9.07 Å². The number of nitrogens with one attached hydrogen (secondary N) is 1. The van der Waals surface area contributed by atoms with Gasteiger partial charge in [0.25, 0.3) is 0 Å². The van der Waals surface area contributed by atoms with Crippen molar-refractivity contribution in [2.45, 2.75) is 13.0 Å². The van der Waals surface area contributed by atoms with E-state index in [-0.39, 0.29) is 24.1 Å². The van der Waals surface area contributed by atoms with Gasteiger partial charge >= 0.3 is 0 Å². The summed E-state index contributed by atoms with van der Waals surface area (Å²) in [5.41, 5.74) is 2.41. The molecule has 32 heavy (non-hydrogen) atoms. The van der Waals surface area contributed by atoms with Crippen LogP contribution in [0.25, 0.3) is 11.1 Å². The quantitative estimate of drug-likeness (QED) is 0.687. The molecule has 0 unspecified atom stereocenters. The Labute approximate surface area is 185 Å². The smallest absolute Gasteiger partial charge is 0.231 e. The molecule has 164 valence electrons. The number of amides is 2. The van der Waals surface area contributed by atoms with Crippen molar-refractivity contribution in [3.05, 3.63) is 66.6 Å². The van der Waals surface area contributed by atoms with Gasteiger partial charge in [0.1, 0.15) is 11.6 Å². The van der Waals surface area contributed by atoms with Gasteiger partial charge in [0, 0.05) is 38.2 Å². The monoisotopic (exact) mass is 433 g/mol. The van der Waals surface area contributed by atoms with Crippen LogP contribution in [0.4, 0.5) is 15.9 Å². The van der Waals surface area contributed by atoms with E-state index in [0.717, 1.165) is 11.1 Å². The van der Waals surface area contributed by atoms with Gasteiger partial charge in [-0.15, -0.1) is 0 Å². The van der Waals surface area contributed by atoms with E-state index in [1.54, 1.807) is 27.9 Å². The number of benzene rings is 2. The summed E-state index contributed by atoms with van der Waals surface area (Å²) in [7, 11) is 0. The summed E-state index contributed by atoms with van der Waals surface area (Å²) in [6.45, 7) is 2.51. The highest BCUT2D eigenvalue weighted by molar-refractivity contribution is 5.98. The zero-order valence-electron chi connectivity index (χ0n) is 17.6. The minimum atomic E-state index is -0.469. The van der Waals surface area contributed by atoms with Crippen LogP contribution in [0, 0.1) is 11.7 Å². The Morgan fingerprint density at radius 1 is 1.03 bits per heavy atom. The van der Waals surface area contributed by atoms with Crippen LogP contribution in [0.2, 0.25) is 0 Å². The fraction of sp³-hybridized carbons (Fsp3) is 0.292. The van der Waals surface area contributed by atoms with Gasteiger partial charge in [0.2, 0.25) is 11.8 Å². The highest BCUT2D eigenvalue weighted by atomic mass is 19.1. The second-order valence-corrected chi connectivity index (χ2v) is 8.16. The molecule has 0 aliphatic carbocycles. The predicted molar refractivity (Wildman–Crippen MR) is 120 cm³/mol. The van der Waals surface area contributed by atoms with Gasteiger partial charge in [-0.3, -0.25) is 9.59 Å². The molecule has 2 amide bonds. The first-order valence-corrected chi connectivity index (χ1v) is 10.8. The average molecular weight is 433 g/mol. The molecule has 1 N–H and O–H groups in total. The van der Waals surface area contributed by atoms with E-state index in [0.29, 0.717) is 44.2 Å². The highest BCUT2D eigenvalue weighted by Gasteiger charge is 2.33. The molecule has 0 radical (unpaired) electrons. The van der Waals surface area contributed by atoms with Crippen LogP contribution in [0.15, 0.2) is 60.8 Å². The van der Waals surface area contributed by atoms with Gasteiger partial charge in [0.05, 0.1) is 24.3 Å². The van der Waals surface area contributed by atoms with E-state index in [1.807, 2.05) is 41.3 Å². The molecule has 1 aromatic heterocycles. The largest absolute Gasteiger partial charge is 0.366 e. The van der Waals surface area contributed by atoms with Crippen LogP contribution >= 0.6 is 0 Å². The summed E-state index contributed by atoms with van der Waals surface area (Å²) in [5.74, 6) is -0.270. The van der Waals surface area contributed by atoms with Crippen molar-refractivity contribution >= 4 is 23.3 Å².